The highest BCUT2D eigenvalue weighted by Crippen LogP contribution is 2.22. The number of carbonyl (C=O) groups is 1. The molecule has 0 bridgehead atoms. The first kappa shape index (κ1) is 12.8. The van der Waals surface area contributed by atoms with E-state index >= 15 is 0 Å². The summed E-state index contributed by atoms with van der Waals surface area (Å²) in [5.41, 5.74) is 0.886. The minimum Gasteiger partial charge on any atom is -0.453 e. The molecular formula is C9H10ClNO4S. The van der Waals surface area contributed by atoms with Crippen LogP contribution in [-0.4, -0.2) is 21.6 Å². The van der Waals surface area contributed by atoms with E-state index in [4.69, 9.17) is 10.7 Å². The fourth-order valence-corrected chi connectivity index (χ4v) is 2.36. The summed E-state index contributed by atoms with van der Waals surface area (Å²) in [5, 5.41) is 2.41. The standard InChI is InChI=1S/C9H10ClNO4S/c1-6-5-7(11-9(12)15-2)3-4-8(6)16(10,13)14/h3-5H,1-2H3,(H,11,12). The number of hydrogen-bond donors (Lipinski definition) is 1. The van der Waals surface area contributed by atoms with E-state index in [1.165, 1.54) is 25.3 Å². The Balaban J connectivity index is 3.05. The monoisotopic (exact) mass is 263 g/mol. The summed E-state index contributed by atoms with van der Waals surface area (Å²) in [6.45, 7) is 1.58. The Bertz CT molecular complexity index is 512. The van der Waals surface area contributed by atoms with Gasteiger partial charge < -0.3 is 4.74 Å². The second-order valence-corrected chi connectivity index (χ2v) is 5.57. The van der Waals surface area contributed by atoms with Gasteiger partial charge in [0, 0.05) is 16.4 Å². The lowest BCUT2D eigenvalue weighted by molar-refractivity contribution is 0.187. The number of amides is 1. The Morgan fingerprint density at radius 2 is 2.06 bits per heavy atom. The number of aryl methyl sites for hydroxylation is 1. The maximum absolute atomic E-state index is 11.1. The largest absolute Gasteiger partial charge is 0.453 e. The lowest BCUT2D eigenvalue weighted by atomic mass is 10.2. The van der Waals surface area contributed by atoms with Gasteiger partial charge in [-0.05, 0) is 30.7 Å². The zero-order valence-electron chi connectivity index (χ0n) is 8.65. The summed E-state index contributed by atoms with van der Waals surface area (Å²) < 4.78 is 26.6. The molecule has 88 valence electrons. The van der Waals surface area contributed by atoms with Crippen molar-refractivity contribution in [2.75, 3.05) is 12.4 Å². The molecule has 0 saturated carbocycles. The van der Waals surface area contributed by atoms with Crippen molar-refractivity contribution in [3.63, 3.8) is 0 Å². The van der Waals surface area contributed by atoms with Gasteiger partial charge in [0.05, 0.1) is 12.0 Å². The third kappa shape index (κ3) is 3.11. The van der Waals surface area contributed by atoms with Crippen LogP contribution in [0.2, 0.25) is 0 Å². The molecule has 1 amide bonds. The van der Waals surface area contributed by atoms with E-state index in [1.54, 1.807) is 6.92 Å². The summed E-state index contributed by atoms with van der Waals surface area (Å²) in [6, 6.07) is 4.24. The summed E-state index contributed by atoms with van der Waals surface area (Å²) in [4.78, 5) is 10.9. The van der Waals surface area contributed by atoms with Gasteiger partial charge in [0.25, 0.3) is 9.05 Å². The van der Waals surface area contributed by atoms with Crippen molar-refractivity contribution in [1.29, 1.82) is 0 Å². The van der Waals surface area contributed by atoms with Gasteiger partial charge in [0.1, 0.15) is 0 Å². The zero-order valence-corrected chi connectivity index (χ0v) is 10.2. The third-order valence-corrected chi connectivity index (χ3v) is 3.35. The maximum atomic E-state index is 11.1. The van der Waals surface area contributed by atoms with Crippen LogP contribution in [0.25, 0.3) is 0 Å². The van der Waals surface area contributed by atoms with E-state index in [0.29, 0.717) is 11.3 Å². The summed E-state index contributed by atoms with van der Waals surface area (Å²) >= 11 is 0. The molecule has 0 aliphatic rings. The molecule has 5 nitrogen and oxygen atoms in total. The van der Waals surface area contributed by atoms with Crippen molar-refractivity contribution >= 4 is 31.5 Å². The van der Waals surface area contributed by atoms with E-state index in [1.807, 2.05) is 0 Å². The number of carbonyl (C=O) groups excluding carboxylic acids is 1. The number of ether oxygens (including phenoxy) is 1. The lowest BCUT2D eigenvalue weighted by Crippen LogP contribution is -2.11. The topological polar surface area (TPSA) is 72.5 Å². The number of hydrogen-bond acceptors (Lipinski definition) is 4. The number of methoxy groups -OCH3 is 1. The first-order valence-electron chi connectivity index (χ1n) is 4.25. The predicted molar refractivity (Wildman–Crippen MR) is 60.2 cm³/mol. The summed E-state index contributed by atoms with van der Waals surface area (Å²) in [5.74, 6) is 0. The Kier molecular flexibility index (Phi) is 3.77. The highest BCUT2D eigenvalue weighted by atomic mass is 35.7. The fourth-order valence-electron chi connectivity index (χ4n) is 1.17. The summed E-state index contributed by atoms with van der Waals surface area (Å²) in [6.07, 6.45) is -0.624. The second-order valence-electron chi connectivity index (χ2n) is 3.03. The van der Waals surface area contributed by atoms with Crippen LogP contribution in [0.1, 0.15) is 5.56 Å². The molecule has 0 fully saturated rings. The highest BCUT2D eigenvalue weighted by Gasteiger charge is 2.13. The molecule has 0 heterocycles. The molecule has 1 aromatic carbocycles. The Hall–Kier alpha value is -1.27. The molecule has 0 aromatic heterocycles. The number of benzene rings is 1. The van der Waals surface area contributed by atoms with Crippen molar-refractivity contribution in [2.24, 2.45) is 0 Å². The number of nitrogens with one attached hydrogen (secondary N) is 1. The van der Waals surface area contributed by atoms with E-state index < -0.39 is 15.1 Å². The fraction of sp³-hybridized carbons (Fsp3) is 0.222. The molecule has 0 unspecified atom stereocenters. The lowest BCUT2D eigenvalue weighted by Gasteiger charge is -2.06. The molecule has 0 saturated heterocycles. The molecule has 0 aliphatic carbocycles. The van der Waals surface area contributed by atoms with Crippen molar-refractivity contribution in [3.05, 3.63) is 23.8 Å². The van der Waals surface area contributed by atoms with Crippen LogP contribution >= 0.6 is 10.7 Å². The van der Waals surface area contributed by atoms with Crippen molar-refractivity contribution < 1.29 is 17.9 Å². The quantitative estimate of drug-likeness (QED) is 0.830. The number of halogens is 1. The third-order valence-electron chi connectivity index (χ3n) is 1.87. The van der Waals surface area contributed by atoms with Gasteiger partial charge in [0.2, 0.25) is 0 Å². The van der Waals surface area contributed by atoms with Crippen molar-refractivity contribution in [1.82, 2.24) is 0 Å². The second kappa shape index (κ2) is 4.71. The van der Waals surface area contributed by atoms with Crippen LogP contribution < -0.4 is 5.32 Å². The van der Waals surface area contributed by atoms with Crippen LogP contribution in [0.4, 0.5) is 10.5 Å². The minimum atomic E-state index is -3.76. The number of rotatable bonds is 2. The minimum absolute atomic E-state index is 0.0181. The van der Waals surface area contributed by atoms with Crippen LogP contribution in [-0.2, 0) is 13.8 Å². The maximum Gasteiger partial charge on any atom is 0.411 e. The molecule has 16 heavy (non-hydrogen) atoms. The molecule has 1 N–H and O–H groups in total. The summed E-state index contributed by atoms with van der Waals surface area (Å²) in [7, 11) is 2.69. The van der Waals surface area contributed by atoms with Crippen molar-refractivity contribution in [3.8, 4) is 0 Å². The van der Waals surface area contributed by atoms with Gasteiger partial charge in [-0.25, -0.2) is 13.2 Å². The van der Waals surface area contributed by atoms with Gasteiger partial charge in [-0.1, -0.05) is 0 Å². The van der Waals surface area contributed by atoms with Gasteiger partial charge in [-0.2, -0.15) is 0 Å². The zero-order chi connectivity index (χ0) is 12.3. The van der Waals surface area contributed by atoms with Gasteiger partial charge in [0.15, 0.2) is 0 Å². The highest BCUT2D eigenvalue weighted by molar-refractivity contribution is 8.13. The Labute approximate surface area is 97.8 Å². The van der Waals surface area contributed by atoms with Crippen LogP contribution in [0.5, 0.6) is 0 Å². The first-order chi connectivity index (χ1) is 7.34. The van der Waals surface area contributed by atoms with Crippen LogP contribution in [0, 0.1) is 6.92 Å². The molecule has 7 heteroatoms. The average Bonchev–Trinajstić information content (AvgIpc) is 2.15. The number of anilines is 1. The molecule has 1 rings (SSSR count). The van der Waals surface area contributed by atoms with Crippen LogP contribution in [0.15, 0.2) is 23.1 Å². The molecule has 0 aliphatic heterocycles. The first-order valence-corrected chi connectivity index (χ1v) is 6.56. The predicted octanol–water partition coefficient (Wildman–Crippen LogP) is 2.10. The molecule has 0 atom stereocenters. The SMILES string of the molecule is COC(=O)Nc1ccc(S(=O)(=O)Cl)c(C)c1. The van der Waals surface area contributed by atoms with E-state index in [-0.39, 0.29) is 4.90 Å². The Morgan fingerprint density at radius 1 is 1.44 bits per heavy atom. The normalized spacial score (nSPS) is 10.9. The average molecular weight is 264 g/mol. The van der Waals surface area contributed by atoms with E-state index in [0.717, 1.165) is 0 Å². The van der Waals surface area contributed by atoms with Crippen molar-refractivity contribution in [2.45, 2.75) is 11.8 Å². The van der Waals surface area contributed by atoms with Gasteiger partial charge in [-0.3, -0.25) is 5.32 Å². The van der Waals surface area contributed by atoms with E-state index in [9.17, 15) is 13.2 Å². The van der Waals surface area contributed by atoms with Crippen LogP contribution in [0.3, 0.4) is 0 Å². The van der Waals surface area contributed by atoms with E-state index in [2.05, 4.69) is 10.1 Å². The van der Waals surface area contributed by atoms with Gasteiger partial charge in [-0.15, -0.1) is 0 Å². The van der Waals surface area contributed by atoms with Gasteiger partial charge >= 0.3 is 6.09 Å². The molecule has 0 radical (unpaired) electrons. The molecule has 0 spiro atoms. The molecular weight excluding hydrogens is 254 g/mol. The Morgan fingerprint density at radius 3 is 2.50 bits per heavy atom. The smallest absolute Gasteiger partial charge is 0.411 e. The molecule has 1 aromatic rings.